The van der Waals surface area contributed by atoms with E-state index in [4.69, 9.17) is 9.47 Å². The number of ether oxygens (including phenoxy) is 2. The number of hydrogen-bond acceptors (Lipinski definition) is 3. The predicted octanol–water partition coefficient (Wildman–Crippen LogP) is 2.39. The van der Waals surface area contributed by atoms with E-state index in [0.717, 1.165) is 32.1 Å². The second-order valence-electron chi connectivity index (χ2n) is 4.49. The molecule has 3 nitrogen and oxygen atoms in total. The molecule has 2 rings (SSSR count). The topological polar surface area (TPSA) is 42.2 Å². The van der Waals surface area contributed by atoms with Crippen LogP contribution in [0.4, 0.5) is 0 Å². The number of nitrogens with zero attached hydrogens (tertiary/aromatic N) is 1. The Labute approximate surface area is 90.7 Å². The first-order valence-electron chi connectivity index (χ1n) is 5.54. The average Bonchev–Trinajstić information content (AvgIpc) is 2.72. The van der Waals surface area contributed by atoms with Gasteiger partial charge in [-0.15, -0.1) is 6.58 Å². The molecule has 3 heteroatoms. The molecule has 1 aliphatic heterocycles. The van der Waals surface area contributed by atoms with Crippen molar-refractivity contribution >= 4 is 0 Å². The van der Waals surface area contributed by atoms with E-state index in [1.165, 1.54) is 0 Å². The summed E-state index contributed by atoms with van der Waals surface area (Å²) < 4.78 is 11.3. The molecular formula is C12H17NO2. The van der Waals surface area contributed by atoms with Crippen molar-refractivity contribution < 1.29 is 9.47 Å². The quantitative estimate of drug-likeness (QED) is 0.653. The first-order valence-corrected chi connectivity index (χ1v) is 5.54. The SMILES string of the molecule is C=CCC1(C#N)CCC2(CC1)OCCO2. The molecule has 2 aliphatic rings. The fourth-order valence-electron chi connectivity index (χ4n) is 2.53. The highest BCUT2D eigenvalue weighted by Crippen LogP contribution is 2.46. The van der Waals surface area contributed by atoms with Gasteiger partial charge in [0.1, 0.15) is 0 Å². The van der Waals surface area contributed by atoms with Crippen LogP contribution in [0.1, 0.15) is 32.1 Å². The predicted molar refractivity (Wildman–Crippen MR) is 56.0 cm³/mol. The molecule has 0 unspecified atom stereocenters. The van der Waals surface area contributed by atoms with Crippen LogP contribution in [0.25, 0.3) is 0 Å². The zero-order chi connectivity index (χ0) is 10.8. The number of hydrogen-bond donors (Lipinski definition) is 0. The van der Waals surface area contributed by atoms with E-state index in [9.17, 15) is 5.26 Å². The molecule has 1 aliphatic carbocycles. The maximum atomic E-state index is 9.22. The van der Waals surface area contributed by atoms with Crippen LogP contribution in [-0.4, -0.2) is 19.0 Å². The third-order valence-electron chi connectivity index (χ3n) is 3.55. The van der Waals surface area contributed by atoms with Crippen molar-refractivity contribution in [2.45, 2.75) is 37.9 Å². The normalized spacial score (nSPS) is 27.4. The van der Waals surface area contributed by atoms with Crippen molar-refractivity contribution in [3.8, 4) is 6.07 Å². The number of rotatable bonds is 2. The molecule has 0 radical (unpaired) electrons. The summed E-state index contributed by atoms with van der Waals surface area (Å²) in [6, 6.07) is 2.44. The fraction of sp³-hybridized carbons (Fsp3) is 0.750. The minimum absolute atomic E-state index is 0.220. The molecule has 0 aromatic rings. The molecule has 0 N–H and O–H groups in total. The van der Waals surface area contributed by atoms with Gasteiger partial charge in [0.05, 0.1) is 24.7 Å². The Kier molecular flexibility index (Phi) is 2.81. The van der Waals surface area contributed by atoms with Crippen LogP contribution in [0.2, 0.25) is 0 Å². The second-order valence-corrected chi connectivity index (χ2v) is 4.49. The lowest BCUT2D eigenvalue weighted by Crippen LogP contribution is -2.39. The Morgan fingerprint density at radius 3 is 2.27 bits per heavy atom. The van der Waals surface area contributed by atoms with Gasteiger partial charge < -0.3 is 9.47 Å². The van der Waals surface area contributed by atoms with Crippen LogP contribution in [0.5, 0.6) is 0 Å². The largest absolute Gasteiger partial charge is 0.348 e. The minimum atomic E-state index is -0.360. The summed E-state index contributed by atoms with van der Waals surface area (Å²) in [4.78, 5) is 0. The van der Waals surface area contributed by atoms with Crippen molar-refractivity contribution in [3.05, 3.63) is 12.7 Å². The second kappa shape index (κ2) is 3.96. The Morgan fingerprint density at radius 2 is 1.80 bits per heavy atom. The summed E-state index contributed by atoms with van der Waals surface area (Å²) in [7, 11) is 0. The first-order chi connectivity index (χ1) is 7.24. The summed E-state index contributed by atoms with van der Waals surface area (Å²) >= 11 is 0. The van der Waals surface area contributed by atoms with E-state index in [0.29, 0.717) is 13.2 Å². The van der Waals surface area contributed by atoms with Gasteiger partial charge in [-0.05, 0) is 19.3 Å². The van der Waals surface area contributed by atoms with E-state index in [1.807, 2.05) is 6.08 Å². The van der Waals surface area contributed by atoms with Crippen molar-refractivity contribution in [1.29, 1.82) is 5.26 Å². The number of nitriles is 1. The molecule has 15 heavy (non-hydrogen) atoms. The maximum Gasteiger partial charge on any atom is 0.168 e. The van der Waals surface area contributed by atoms with Gasteiger partial charge in [-0.3, -0.25) is 0 Å². The Bertz CT molecular complexity index is 276. The van der Waals surface area contributed by atoms with Gasteiger partial charge in [0, 0.05) is 12.8 Å². The third-order valence-corrected chi connectivity index (χ3v) is 3.55. The molecule has 0 atom stereocenters. The molecule has 82 valence electrons. The lowest BCUT2D eigenvalue weighted by molar-refractivity contribution is -0.187. The van der Waals surface area contributed by atoms with E-state index in [1.54, 1.807) is 0 Å². The molecule has 2 fully saturated rings. The molecule has 0 aromatic carbocycles. The molecule has 0 bridgehead atoms. The summed E-state index contributed by atoms with van der Waals surface area (Å²) in [5.41, 5.74) is -0.220. The fourth-order valence-corrected chi connectivity index (χ4v) is 2.53. The monoisotopic (exact) mass is 207 g/mol. The molecule has 1 heterocycles. The first kappa shape index (κ1) is 10.7. The Morgan fingerprint density at radius 1 is 1.20 bits per heavy atom. The lowest BCUT2D eigenvalue weighted by Gasteiger charge is -2.39. The highest BCUT2D eigenvalue weighted by molar-refractivity contribution is 5.06. The maximum absolute atomic E-state index is 9.22. The van der Waals surface area contributed by atoms with Crippen LogP contribution >= 0.6 is 0 Å². The van der Waals surface area contributed by atoms with Gasteiger partial charge in [0.2, 0.25) is 0 Å². The van der Waals surface area contributed by atoms with Gasteiger partial charge in [-0.1, -0.05) is 6.08 Å². The number of allylic oxidation sites excluding steroid dienone is 1. The molecule has 1 saturated carbocycles. The van der Waals surface area contributed by atoms with Gasteiger partial charge in [-0.25, -0.2) is 0 Å². The van der Waals surface area contributed by atoms with Crippen LogP contribution in [0.15, 0.2) is 12.7 Å². The zero-order valence-electron chi connectivity index (χ0n) is 9.00. The highest BCUT2D eigenvalue weighted by Gasteiger charge is 2.45. The summed E-state index contributed by atoms with van der Waals surface area (Å²) in [6.45, 7) is 5.11. The standard InChI is InChI=1S/C12H17NO2/c1-2-3-11(10-13)4-6-12(7-5-11)14-8-9-15-12/h2H,1,3-9H2. The van der Waals surface area contributed by atoms with Crippen molar-refractivity contribution in [2.24, 2.45) is 5.41 Å². The van der Waals surface area contributed by atoms with E-state index < -0.39 is 0 Å². The molecule has 0 amide bonds. The molecule has 0 aromatic heterocycles. The van der Waals surface area contributed by atoms with Crippen LogP contribution in [-0.2, 0) is 9.47 Å². The molecule has 1 saturated heterocycles. The van der Waals surface area contributed by atoms with Crippen molar-refractivity contribution in [2.75, 3.05) is 13.2 Å². The Hall–Kier alpha value is -0.850. The Balaban J connectivity index is 2.01. The van der Waals surface area contributed by atoms with Crippen molar-refractivity contribution in [3.63, 3.8) is 0 Å². The van der Waals surface area contributed by atoms with Crippen LogP contribution in [0.3, 0.4) is 0 Å². The summed E-state index contributed by atoms with van der Waals surface area (Å²) in [6.07, 6.45) is 6.02. The van der Waals surface area contributed by atoms with Crippen LogP contribution in [0, 0.1) is 16.7 Å². The van der Waals surface area contributed by atoms with E-state index >= 15 is 0 Å². The smallest absolute Gasteiger partial charge is 0.168 e. The molecular weight excluding hydrogens is 190 g/mol. The lowest BCUT2D eigenvalue weighted by atomic mass is 9.71. The minimum Gasteiger partial charge on any atom is -0.348 e. The summed E-state index contributed by atoms with van der Waals surface area (Å²) in [5.74, 6) is -0.360. The molecule has 1 spiro atoms. The third kappa shape index (κ3) is 1.92. The summed E-state index contributed by atoms with van der Waals surface area (Å²) in [5, 5.41) is 9.22. The average molecular weight is 207 g/mol. The van der Waals surface area contributed by atoms with Gasteiger partial charge >= 0.3 is 0 Å². The highest BCUT2D eigenvalue weighted by atomic mass is 16.7. The van der Waals surface area contributed by atoms with Gasteiger partial charge in [0.15, 0.2) is 5.79 Å². The van der Waals surface area contributed by atoms with Gasteiger partial charge in [0.25, 0.3) is 0 Å². The van der Waals surface area contributed by atoms with Crippen molar-refractivity contribution in [1.82, 2.24) is 0 Å². The van der Waals surface area contributed by atoms with E-state index in [-0.39, 0.29) is 11.2 Å². The van der Waals surface area contributed by atoms with Gasteiger partial charge in [-0.2, -0.15) is 5.26 Å². The van der Waals surface area contributed by atoms with Crippen LogP contribution < -0.4 is 0 Å². The van der Waals surface area contributed by atoms with E-state index in [2.05, 4.69) is 12.6 Å². The zero-order valence-corrected chi connectivity index (χ0v) is 9.00.